The van der Waals surface area contributed by atoms with Crippen molar-refractivity contribution in [2.45, 2.75) is 25.0 Å². The molecule has 1 saturated heterocycles. The van der Waals surface area contributed by atoms with E-state index in [0.29, 0.717) is 17.7 Å². The second-order valence-electron chi connectivity index (χ2n) is 6.45. The van der Waals surface area contributed by atoms with E-state index in [1.165, 1.54) is 6.07 Å². The van der Waals surface area contributed by atoms with Crippen LogP contribution in [0.15, 0.2) is 54.6 Å². The number of amides is 1. The Morgan fingerprint density at radius 1 is 1.12 bits per heavy atom. The topological polar surface area (TPSA) is 52.6 Å². The van der Waals surface area contributed by atoms with Gasteiger partial charge in [-0.15, -0.1) is 0 Å². The Hall–Kier alpha value is -2.24. The third kappa shape index (κ3) is 4.65. The lowest BCUT2D eigenvalue weighted by molar-refractivity contribution is 0.0818. The minimum atomic E-state index is -0.836. The first-order valence-electron chi connectivity index (χ1n) is 8.64. The van der Waals surface area contributed by atoms with E-state index in [0.717, 1.165) is 25.9 Å². The van der Waals surface area contributed by atoms with E-state index in [2.05, 4.69) is 10.2 Å². The van der Waals surface area contributed by atoms with Crippen LogP contribution in [0.4, 0.5) is 4.39 Å². The molecule has 1 aliphatic rings. The number of nitrogens with zero attached hydrogens (tertiary/aromatic N) is 1. The number of piperidine rings is 1. The molecule has 0 spiro atoms. The molecule has 0 radical (unpaired) electrons. The fourth-order valence-corrected chi connectivity index (χ4v) is 3.21. The highest BCUT2D eigenvalue weighted by molar-refractivity contribution is 5.94. The Morgan fingerprint density at radius 2 is 1.76 bits per heavy atom. The molecule has 1 unspecified atom stereocenters. The monoisotopic (exact) mass is 342 g/mol. The maximum atomic E-state index is 13.7. The third-order valence-corrected chi connectivity index (χ3v) is 4.65. The van der Waals surface area contributed by atoms with Gasteiger partial charge < -0.3 is 15.3 Å². The molecule has 2 N–H and O–H groups in total. The predicted molar refractivity (Wildman–Crippen MR) is 94.7 cm³/mol. The van der Waals surface area contributed by atoms with Gasteiger partial charge in [0.25, 0.3) is 5.91 Å². The van der Waals surface area contributed by atoms with Crippen molar-refractivity contribution < 1.29 is 14.3 Å². The molecule has 4 nitrogen and oxygen atoms in total. The summed E-state index contributed by atoms with van der Waals surface area (Å²) in [6.07, 6.45) is 0.808. The van der Waals surface area contributed by atoms with Crippen LogP contribution in [0.2, 0.25) is 0 Å². The molecule has 0 aliphatic carbocycles. The Kier molecular flexibility index (Phi) is 5.79. The van der Waals surface area contributed by atoms with Crippen LogP contribution < -0.4 is 5.32 Å². The van der Waals surface area contributed by atoms with Crippen molar-refractivity contribution in [1.29, 1.82) is 0 Å². The normalized spacial score (nSPS) is 17.2. The van der Waals surface area contributed by atoms with Crippen molar-refractivity contribution in [3.05, 3.63) is 71.5 Å². The van der Waals surface area contributed by atoms with Crippen molar-refractivity contribution >= 4 is 5.91 Å². The van der Waals surface area contributed by atoms with Crippen molar-refractivity contribution in [2.24, 2.45) is 0 Å². The van der Waals surface area contributed by atoms with E-state index >= 15 is 0 Å². The first-order valence-corrected chi connectivity index (χ1v) is 8.64. The zero-order valence-electron chi connectivity index (χ0n) is 14.1. The number of halogens is 1. The number of aliphatic hydroxyl groups is 1. The summed E-state index contributed by atoms with van der Waals surface area (Å²) >= 11 is 0. The van der Waals surface area contributed by atoms with Crippen molar-refractivity contribution in [3.63, 3.8) is 0 Å². The van der Waals surface area contributed by atoms with Gasteiger partial charge in [-0.3, -0.25) is 4.79 Å². The quantitative estimate of drug-likeness (QED) is 0.878. The number of rotatable bonds is 5. The molecule has 5 heteroatoms. The molecule has 1 amide bonds. The summed E-state index contributed by atoms with van der Waals surface area (Å²) in [7, 11) is 0. The average molecular weight is 342 g/mol. The predicted octanol–water partition coefficient (Wildman–Crippen LogP) is 2.75. The molecular weight excluding hydrogens is 319 g/mol. The Morgan fingerprint density at radius 3 is 2.44 bits per heavy atom. The van der Waals surface area contributed by atoms with Crippen molar-refractivity contribution in [1.82, 2.24) is 10.2 Å². The van der Waals surface area contributed by atoms with E-state index in [-0.39, 0.29) is 17.8 Å². The van der Waals surface area contributed by atoms with Gasteiger partial charge in [0.15, 0.2) is 0 Å². The standard InChI is InChI=1S/C20H23FN2O2/c21-18-9-5-4-8-17(18)19(24)14-23-12-10-16(11-13-23)22-20(25)15-6-2-1-3-7-15/h1-9,16,19,24H,10-14H2,(H,22,25). The minimum absolute atomic E-state index is 0.0505. The largest absolute Gasteiger partial charge is 0.387 e. The second kappa shape index (κ2) is 8.23. The van der Waals surface area contributed by atoms with E-state index in [4.69, 9.17) is 0 Å². The van der Waals surface area contributed by atoms with Gasteiger partial charge in [-0.2, -0.15) is 0 Å². The zero-order valence-corrected chi connectivity index (χ0v) is 14.1. The summed E-state index contributed by atoms with van der Waals surface area (Å²) in [4.78, 5) is 14.3. The number of likely N-dealkylation sites (tertiary alicyclic amines) is 1. The Balaban J connectivity index is 1.47. The van der Waals surface area contributed by atoms with E-state index in [9.17, 15) is 14.3 Å². The number of nitrogens with one attached hydrogen (secondary N) is 1. The zero-order chi connectivity index (χ0) is 17.6. The van der Waals surface area contributed by atoms with Gasteiger partial charge in [0.2, 0.25) is 0 Å². The molecule has 3 rings (SSSR count). The van der Waals surface area contributed by atoms with Gasteiger partial charge in [-0.1, -0.05) is 36.4 Å². The molecule has 1 fully saturated rings. The van der Waals surface area contributed by atoms with Crippen LogP contribution >= 0.6 is 0 Å². The summed E-state index contributed by atoms with van der Waals surface area (Å²) in [5.41, 5.74) is 1.00. The van der Waals surface area contributed by atoms with Crippen molar-refractivity contribution in [3.8, 4) is 0 Å². The first-order chi connectivity index (χ1) is 12.1. The number of hydrogen-bond donors (Lipinski definition) is 2. The Bertz CT molecular complexity index is 700. The third-order valence-electron chi connectivity index (χ3n) is 4.65. The highest BCUT2D eigenvalue weighted by Crippen LogP contribution is 2.20. The van der Waals surface area contributed by atoms with Gasteiger partial charge in [0.1, 0.15) is 5.82 Å². The van der Waals surface area contributed by atoms with Gasteiger partial charge in [-0.25, -0.2) is 4.39 Å². The molecule has 2 aromatic rings. The first kappa shape index (κ1) is 17.6. The molecule has 132 valence electrons. The van der Waals surface area contributed by atoms with Crippen LogP contribution in [0.25, 0.3) is 0 Å². The van der Waals surface area contributed by atoms with Crippen LogP contribution in [-0.4, -0.2) is 41.6 Å². The van der Waals surface area contributed by atoms with Crippen molar-refractivity contribution in [2.75, 3.05) is 19.6 Å². The lowest BCUT2D eigenvalue weighted by Gasteiger charge is -2.33. The molecule has 1 heterocycles. The molecule has 0 bridgehead atoms. The SMILES string of the molecule is O=C(NC1CCN(CC(O)c2ccccc2F)CC1)c1ccccc1. The molecule has 0 aromatic heterocycles. The fraction of sp³-hybridized carbons (Fsp3) is 0.350. The second-order valence-corrected chi connectivity index (χ2v) is 6.45. The number of carbonyl (C=O) groups is 1. The number of carbonyl (C=O) groups excluding carboxylic acids is 1. The molecule has 1 aliphatic heterocycles. The van der Waals surface area contributed by atoms with Gasteiger partial charge in [0, 0.05) is 36.8 Å². The Labute approximate surface area is 147 Å². The van der Waals surface area contributed by atoms with Crippen LogP contribution in [-0.2, 0) is 0 Å². The summed E-state index contributed by atoms with van der Waals surface area (Å²) in [6, 6.07) is 15.6. The number of β-amino-alcohol motifs (C(OH)–C–C–N with tert-alkyl or cyclic N) is 1. The lowest BCUT2D eigenvalue weighted by atomic mass is 10.0. The smallest absolute Gasteiger partial charge is 0.251 e. The summed E-state index contributed by atoms with van der Waals surface area (Å²) in [6.45, 7) is 1.94. The molecule has 0 saturated carbocycles. The summed E-state index contributed by atoms with van der Waals surface area (Å²) in [5, 5.41) is 13.3. The van der Waals surface area contributed by atoms with E-state index in [1.807, 2.05) is 18.2 Å². The molecule has 1 atom stereocenters. The number of aliphatic hydroxyl groups excluding tert-OH is 1. The summed E-state index contributed by atoms with van der Waals surface area (Å²) in [5.74, 6) is -0.426. The average Bonchev–Trinajstić information content (AvgIpc) is 2.64. The number of hydrogen-bond acceptors (Lipinski definition) is 3. The maximum Gasteiger partial charge on any atom is 0.251 e. The van der Waals surface area contributed by atoms with Gasteiger partial charge >= 0.3 is 0 Å². The van der Waals surface area contributed by atoms with E-state index < -0.39 is 6.10 Å². The van der Waals surface area contributed by atoms with Gasteiger partial charge in [0.05, 0.1) is 6.10 Å². The molecular formula is C20H23FN2O2. The molecule has 25 heavy (non-hydrogen) atoms. The number of benzene rings is 2. The van der Waals surface area contributed by atoms with Crippen LogP contribution in [0.1, 0.15) is 34.9 Å². The molecule has 2 aromatic carbocycles. The van der Waals surface area contributed by atoms with E-state index in [1.54, 1.807) is 30.3 Å². The minimum Gasteiger partial charge on any atom is -0.387 e. The highest BCUT2D eigenvalue weighted by atomic mass is 19.1. The maximum absolute atomic E-state index is 13.7. The van der Waals surface area contributed by atoms with Crippen LogP contribution in [0.5, 0.6) is 0 Å². The van der Waals surface area contributed by atoms with Crippen LogP contribution in [0.3, 0.4) is 0 Å². The lowest BCUT2D eigenvalue weighted by Crippen LogP contribution is -2.45. The fourth-order valence-electron chi connectivity index (χ4n) is 3.21. The summed E-state index contributed by atoms with van der Waals surface area (Å²) < 4.78 is 13.7. The van der Waals surface area contributed by atoms with Gasteiger partial charge in [-0.05, 0) is 31.0 Å². The van der Waals surface area contributed by atoms with Crippen LogP contribution in [0, 0.1) is 5.82 Å². The highest BCUT2D eigenvalue weighted by Gasteiger charge is 2.23.